The molecule has 0 radical (unpaired) electrons. The van der Waals surface area contributed by atoms with Crippen LogP contribution in [0.4, 0.5) is 10.1 Å². The van der Waals surface area contributed by atoms with Crippen LogP contribution in [-0.2, 0) is 4.79 Å². The topological polar surface area (TPSA) is 43.9 Å². The van der Waals surface area contributed by atoms with Crippen molar-refractivity contribution in [2.45, 2.75) is 83.5 Å². The van der Waals surface area contributed by atoms with Crippen LogP contribution in [0.15, 0.2) is 54.6 Å². The molecule has 0 spiro atoms. The Morgan fingerprint density at radius 1 is 1.00 bits per heavy atom. The van der Waals surface area contributed by atoms with E-state index in [9.17, 15) is 14.0 Å². The van der Waals surface area contributed by atoms with Gasteiger partial charge in [-0.2, -0.15) is 0 Å². The summed E-state index contributed by atoms with van der Waals surface area (Å²) in [5, 5.41) is 0. The standard InChI is InChI=1S/C29H38FN3O2/c1-4-25(20-28-13-10-21(2)32(28)29(35)23-8-6-5-7-9-23)31-18-16-27(17-19-31)33(22(3)34)26-14-11-24(30)12-15-26/h5-9,11-12,14-15,21,25,27-28H,4,10,13,16-20H2,1-3H3. The Balaban J connectivity index is 1.40. The number of amides is 2. The molecule has 3 unspecified atom stereocenters. The molecule has 2 heterocycles. The maximum atomic E-state index is 13.4. The van der Waals surface area contributed by atoms with Gasteiger partial charge in [0.05, 0.1) is 0 Å². The number of hydrogen-bond donors (Lipinski definition) is 0. The van der Waals surface area contributed by atoms with Crippen LogP contribution in [0.2, 0.25) is 0 Å². The van der Waals surface area contributed by atoms with Gasteiger partial charge in [-0.15, -0.1) is 0 Å². The molecule has 0 saturated carbocycles. The number of piperidine rings is 1. The molecule has 0 bridgehead atoms. The van der Waals surface area contributed by atoms with Gasteiger partial charge >= 0.3 is 0 Å². The molecule has 4 rings (SSSR count). The predicted molar refractivity (Wildman–Crippen MR) is 138 cm³/mol. The quantitative estimate of drug-likeness (QED) is 0.526. The summed E-state index contributed by atoms with van der Waals surface area (Å²) in [5.41, 5.74) is 1.53. The highest BCUT2D eigenvalue weighted by Gasteiger charge is 2.37. The van der Waals surface area contributed by atoms with Crippen molar-refractivity contribution in [3.8, 4) is 0 Å². The third-order valence-corrected chi connectivity index (χ3v) is 7.88. The van der Waals surface area contributed by atoms with Gasteiger partial charge in [0.1, 0.15) is 5.82 Å². The molecule has 0 N–H and O–H groups in total. The minimum Gasteiger partial charge on any atom is -0.333 e. The first-order chi connectivity index (χ1) is 16.9. The Labute approximate surface area is 208 Å². The number of nitrogens with zero attached hydrogens (tertiary/aromatic N) is 3. The predicted octanol–water partition coefficient (Wildman–Crippen LogP) is 5.51. The fraction of sp³-hybridized carbons (Fsp3) is 0.517. The molecule has 2 aromatic carbocycles. The second-order valence-electron chi connectivity index (χ2n) is 10.1. The van der Waals surface area contributed by atoms with Crippen LogP contribution in [0.5, 0.6) is 0 Å². The van der Waals surface area contributed by atoms with Crippen molar-refractivity contribution in [2.75, 3.05) is 18.0 Å². The van der Waals surface area contributed by atoms with Crippen LogP contribution in [0.3, 0.4) is 0 Å². The van der Waals surface area contributed by atoms with E-state index in [0.717, 1.165) is 62.9 Å². The van der Waals surface area contributed by atoms with E-state index in [1.807, 2.05) is 35.2 Å². The Morgan fingerprint density at radius 2 is 1.66 bits per heavy atom. The van der Waals surface area contributed by atoms with Crippen molar-refractivity contribution in [1.82, 2.24) is 9.80 Å². The Kier molecular flexibility index (Phi) is 8.22. The third kappa shape index (κ3) is 5.75. The number of carbonyl (C=O) groups excluding carboxylic acids is 2. The first kappa shape index (κ1) is 25.4. The largest absolute Gasteiger partial charge is 0.333 e. The highest BCUT2D eigenvalue weighted by atomic mass is 19.1. The molecular formula is C29H38FN3O2. The van der Waals surface area contributed by atoms with Crippen LogP contribution in [0, 0.1) is 5.82 Å². The molecule has 2 fully saturated rings. The lowest BCUT2D eigenvalue weighted by molar-refractivity contribution is -0.117. The number of carbonyl (C=O) groups is 2. The first-order valence-corrected chi connectivity index (χ1v) is 13.1. The van der Waals surface area contributed by atoms with Gasteiger partial charge < -0.3 is 14.7 Å². The Hall–Kier alpha value is -2.73. The Morgan fingerprint density at radius 3 is 2.26 bits per heavy atom. The van der Waals surface area contributed by atoms with Gasteiger partial charge in [-0.25, -0.2) is 4.39 Å². The third-order valence-electron chi connectivity index (χ3n) is 7.88. The highest BCUT2D eigenvalue weighted by Crippen LogP contribution is 2.32. The zero-order valence-electron chi connectivity index (χ0n) is 21.2. The summed E-state index contributed by atoms with van der Waals surface area (Å²) in [5.74, 6) is -0.151. The molecule has 2 amide bonds. The molecule has 0 aliphatic carbocycles. The summed E-state index contributed by atoms with van der Waals surface area (Å²) in [6.07, 6.45) is 5.90. The van der Waals surface area contributed by atoms with Crippen LogP contribution in [0.1, 0.15) is 69.7 Å². The average Bonchev–Trinajstić information content (AvgIpc) is 3.24. The molecule has 35 heavy (non-hydrogen) atoms. The monoisotopic (exact) mass is 479 g/mol. The lowest BCUT2D eigenvalue weighted by atomic mass is 9.95. The van der Waals surface area contributed by atoms with Gasteiger partial charge in [-0.1, -0.05) is 25.1 Å². The zero-order chi connectivity index (χ0) is 24.9. The fourth-order valence-corrected chi connectivity index (χ4v) is 6.05. The van der Waals surface area contributed by atoms with Crippen LogP contribution in [-0.4, -0.2) is 58.9 Å². The summed E-state index contributed by atoms with van der Waals surface area (Å²) in [6.45, 7) is 7.83. The van der Waals surface area contributed by atoms with E-state index in [-0.39, 0.29) is 35.8 Å². The van der Waals surface area contributed by atoms with Gasteiger partial charge in [0, 0.05) is 55.4 Å². The summed E-state index contributed by atoms with van der Waals surface area (Å²) >= 11 is 0. The highest BCUT2D eigenvalue weighted by molar-refractivity contribution is 5.94. The SMILES string of the molecule is CCC(CC1CCC(C)N1C(=O)c1ccccc1)N1CCC(N(C(C)=O)c2ccc(F)cc2)CC1. The van der Waals surface area contributed by atoms with Crippen molar-refractivity contribution in [2.24, 2.45) is 0 Å². The fourth-order valence-electron chi connectivity index (χ4n) is 6.05. The maximum absolute atomic E-state index is 13.4. The summed E-state index contributed by atoms with van der Waals surface area (Å²) in [6, 6.07) is 16.9. The van der Waals surface area contributed by atoms with E-state index in [0.29, 0.717) is 6.04 Å². The van der Waals surface area contributed by atoms with Gasteiger partial charge in [0.15, 0.2) is 0 Å². The normalized spacial score (nSPS) is 22.2. The molecule has 0 aromatic heterocycles. The van der Waals surface area contributed by atoms with Crippen LogP contribution < -0.4 is 4.90 Å². The van der Waals surface area contributed by atoms with Crippen LogP contribution >= 0.6 is 0 Å². The molecule has 3 atom stereocenters. The number of likely N-dealkylation sites (tertiary alicyclic amines) is 2. The molecule has 188 valence electrons. The van der Waals surface area contributed by atoms with Crippen molar-refractivity contribution >= 4 is 17.5 Å². The maximum Gasteiger partial charge on any atom is 0.254 e. The van der Waals surface area contributed by atoms with Gasteiger partial charge in [-0.3, -0.25) is 9.59 Å². The first-order valence-electron chi connectivity index (χ1n) is 13.1. The molecule has 2 aliphatic heterocycles. The van der Waals surface area contributed by atoms with E-state index in [1.54, 1.807) is 19.1 Å². The second kappa shape index (κ2) is 11.3. The van der Waals surface area contributed by atoms with Gasteiger partial charge in [-0.05, 0) is 81.8 Å². The lowest BCUT2D eigenvalue weighted by Crippen LogP contribution is -2.51. The molecule has 6 heteroatoms. The number of benzene rings is 2. The lowest BCUT2D eigenvalue weighted by Gasteiger charge is -2.42. The molecular weight excluding hydrogens is 441 g/mol. The number of hydrogen-bond acceptors (Lipinski definition) is 3. The molecule has 5 nitrogen and oxygen atoms in total. The van der Waals surface area contributed by atoms with Gasteiger partial charge in [0.2, 0.25) is 5.91 Å². The Bertz CT molecular complexity index is 989. The van der Waals surface area contributed by atoms with Crippen molar-refractivity contribution in [1.29, 1.82) is 0 Å². The second-order valence-corrected chi connectivity index (χ2v) is 10.1. The summed E-state index contributed by atoms with van der Waals surface area (Å²) < 4.78 is 13.4. The zero-order valence-corrected chi connectivity index (χ0v) is 21.2. The van der Waals surface area contributed by atoms with Crippen molar-refractivity contribution in [3.63, 3.8) is 0 Å². The van der Waals surface area contributed by atoms with E-state index in [1.165, 1.54) is 12.1 Å². The smallest absolute Gasteiger partial charge is 0.254 e. The molecule has 2 saturated heterocycles. The van der Waals surface area contributed by atoms with Crippen molar-refractivity contribution < 1.29 is 14.0 Å². The van der Waals surface area contributed by atoms with E-state index >= 15 is 0 Å². The van der Waals surface area contributed by atoms with E-state index in [4.69, 9.17) is 0 Å². The molecule has 2 aliphatic rings. The van der Waals surface area contributed by atoms with E-state index < -0.39 is 0 Å². The van der Waals surface area contributed by atoms with Crippen LogP contribution in [0.25, 0.3) is 0 Å². The minimum absolute atomic E-state index is 0.00268. The number of rotatable bonds is 7. The minimum atomic E-state index is -0.293. The summed E-state index contributed by atoms with van der Waals surface area (Å²) in [4.78, 5) is 32.3. The average molecular weight is 480 g/mol. The van der Waals surface area contributed by atoms with Gasteiger partial charge in [0.25, 0.3) is 5.91 Å². The molecule has 2 aromatic rings. The van der Waals surface area contributed by atoms with Crippen molar-refractivity contribution in [3.05, 3.63) is 66.0 Å². The number of anilines is 1. The number of halogens is 1. The van der Waals surface area contributed by atoms with E-state index in [2.05, 4.69) is 23.6 Å². The summed E-state index contributed by atoms with van der Waals surface area (Å²) in [7, 11) is 0.